The Hall–Kier alpha value is -2.50. The maximum absolute atomic E-state index is 13.1. The summed E-state index contributed by atoms with van der Waals surface area (Å²) in [4.78, 5) is 20.9. The Morgan fingerprint density at radius 1 is 1.06 bits per heavy atom. The van der Waals surface area contributed by atoms with Crippen molar-refractivity contribution in [3.8, 4) is 0 Å². The summed E-state index contributed by atoms with van der Waals surface area (Å²) in [7, 11) is 4.13. The van der Waals surface area contributed by atoms with Crippen LogP contribution in [0.25, 0.3) is 0 Å². The third-order valence-corrected chi connectivity index (χ3v) is 6.85. The number of benzene rings is 2. The summed E-state index contributed by atoms with van der Waals surface area (Å²) in [5.74, 6) is 0.0581. The number of hydrogen-bond donors (Lipinski definition) is 1. The number of nitrogens with zero attached hydrogens (tertiary/aromatic N) is 2. The van der Waals surface area contributed by atoms with Crippen molar-refractivity contribution in [2.24, 2.45) is 0 Å². The van der Waals surface area contributed by atoms with E-state index in [2.05, 4.69) is 85.6 Å². The van der Waals surface area contributed by atoms with E-state index in [0.717, 1.165) is 23.3 Å². The Kier molecular flexibility index (Phi) is 7.29. The summed E-state index contributed by atoms with van der Waals surface area (Å²) in [6.45, 7) is 8.20. The molecule has 2 aromatic carbocycles. The quantitative estimate of drug-likeness (QED) is 0.508. The molecule has 5 heteroatoms. The van der Waals surface area contributed by atoms with Gasteiger partial charge in [-0.25, -0.2) is 4.98 Å². The summed E-state index contributed by atoms with van der Waals surface area (Å²) in [6.07, 6.45) is 3.67. The molecule has 31 heavy (non-hydrogen) atoms. The van der Waals surface area contributed by atoms with Gasteiger partial charge >= 0.3 is 0 Å². The van der Waals surface area contributed by atoms with E-state index in [9.17, 15) is 4.79 Å². The van der Waals surface area contributed by atoms with Gasteiger partial charge in [0, 0.05) is 11.1 Å². The van der Waals surface area contributed by atoms with Gasteiger partial charge < -0.3 is 5.32 Å². The molecule has 4 rings (SSSR count). The molecule has 0 spiro atoms. The molecule has 4 nitrogen and oxygen atoms in total. The summed E-state index contributed by atoms with van der Waals surface area (Å²) < 4.78 is 0. The van der Waals surface area contributed by atoms with Crippen LogP contribution in [-0.2, 0) is 10.2 Å². The van der Waals surface area contributed by atoms with Crippen molar-refractivity contribution < 1.29 is 4.79 Å². The molecule has 1 atom stereocenters. The van der Waals surface area contributed by atoms with Crippen LogP contribution < -0.4 is 5.32 Å². The maximum atomic E-state index is 13.1. The first kappa shape index (κ1) is 23.2. The number of amides is 1. The highest BCUT2D eigenvalue weighted by Gasteiger charge is 2.51. The lowest BCUT2D eigenvalue weighted by molar-refractivity contribution is -0.118. The van der Waals surface area contributed by atoms with Crippen LogP contribution in [0.3, 0.4) is 0 Å². The van der Waals surface area contributed by atoms with Gasteiger partial charge in [-0.15, -0.1) is 0 Å². The SMILES string of the molecule is CC.Cc1ccc(C2(C(=O)Nc3ncc([C@@H](c4ccccc4)N(C)C)s3)CC2)cc1C. The molecule has 1 aliphatic carbocycles. The van der Waals surface area contributed by atoms with Crippen LogP contribution in [0.4, 0.5) is 5.13 Å². The molecule has 0 bridgehead atoms. The van der Waals surface area contributed by atoms with E-state index in [1.165, 1.54) is 16.7 Å². The lowest BCUT2D eigenvalue weighted by Gasteiger charge is -2.23. The van der Waals surface area contributed by atoms with E-state index in [-0.39, 0.29) is 11.9 Å². The number of nitrogens with one attached hydrogen (secondary N) is 1. The molecular formula is C26H33N3OS. The van der Waals surface area contributed by atoms with Gasteiger partial charge in [0.05, 0.1) is 11.5 Å². The minimum absolute atomic E-state index is 0.0581. The van der Waals surface area contributed by atoms with Crippen molar-refractivity contribution in [3.63, 3.8) is 0 Å². The molecule has 1 saturated carbocycles. The van der Waals surface area contributed by atoms with E-state index in [1.807, 2.05) is 26.1 Å². The molecule has 1 aliphatic rings. The highest BCUT2D eigenvalue weighted by molar-refractivity contribution is 7.15. The topological polar surface area (TPSA) is 45.2 Å². The number of hydrogen-bond acceptors (Lipinski definition) is 4. The first-order valence-corrected chi connectivity index (χ1v) is 11.8. The molecule has 1 heterocycles. The molecule has 0 unspecified atom stereocenters. The number of carbonyl (C=O) groups excluding carboxylic acids is 1. The Morgan fingerprint density at radius 3 is 2.32 bits per heavy atom. The van der Waals surface area contributed by atoms with Crippen LogP contribution in [0.1, 0.15) is 59.9 Å². The van der Waals surface area contributed by atoms with Gasteiger partial charge in [0.1, 0.15) is 0 Å². The second-order valence-electron chi connectivity index (χ2n) is 8.18. The minimum atomic E-state index is -0.398. The van der Waals surface area contributed by atoms with Gasteiger partial charge in [0.25, 0.3) is 0 Å². The first-order chi connectivity index (χ1) is 14.9. The Bertz CT molecular complexity index is 1020. The lowest BCUT2D eigenvalue weighted by atomic mass is 9.92. The first-order valence-electron chi connectivity index (χ1n) is 11.0. The average Bonchev–Trinajstić information content (AvgIpc) is 3.47. The van der Waals surface area contributed by atoms with E-state index in [4.69, 9.17) is 0 Å². The second-order valence-corrected chi connectivity index (χ2v) is 9.24. The van der Waals surface area contributed by atoms with Crippen LogP contribution in [0.2, 0.25) is 0 Å². The smallest absolute Gasteiger partial charge is 0.236 e. The largest absolute Gasteiger partial charge is 0.301 e. The van der Waals surface area contributed by atoms with Crippen molar-refractivity contribution in [2.75, 3.05) is 19.4 Å². The number of rotatable bonds is 6. The van der Waals surface area contributed by atoms with Gasteiger partial charge in [0.2, 0.25) is 5.91 Å². The van der Waals surface area contributed by atoms with Crippen molar-refractivity contribution in [3.05, 3.63) is 81.9 Å². The fourth-order valence-electron chi connectivity index (χ4n) is 3.85. The summed E-state index contributed by atoms with van der Waals surface area (Å²) in [6, 6.07) is 16.9. The summed E-state index contributed by atoms with van der Waals surface area (Å²) in [5, 5.41) is 3.76. The zero-order valence-corrected chi connectivity index (χ0v) is 20.2. The normalized spacial score (nSPS) is 15.1. The highest BCUT2D eigenvalue weighted by atomic mass is 32.1. The average molecular weight is 436 g/mol. The van der Waals surface area contributed by atoms with Crippen LogP contribution >= 0.6 is 11.3 Å². The number of aryl methyl sites for hydroxylation is 2. The van der Waals surface area contributed by atoms with Crippen LogP contribution in [0, 0.1) is 13.8 Å². The Morgan fingerprint density at radius 2 is 1.74 bits per heavy atom. The monoisotopic (exact) mass is 435 g/mol. The molecule has 0 radical (unpaired) electrons. The van der Waals surface area contributed by atoms with Gasteiger partial charge in [-0.05, 0) is 63.0 Å². The van der Waals surface area contributed by atoms with E-state index in [0.29, 0.717) is 5.13 Å². The fraction of sp³-hybridized carbons (Fsp3) is 0.385. The Balaban J connectivity index is 0.00000132. The van der Waals surface area contributed by atoms with Gasteiger partial charge in [-0.1, -0.05) is 73.7 Å². The number of aromatic nitrogens is 1. The van der Waals surface area contributed by atoms with Gasteiger partial charge in [-0.3, -0.25) is 9.69 Å². The number of thiazole rings is 1. The number of carbonyl (C=O) groups is 1. The minimum Gasteiger partial charge on any atom is -0.301 e. The molecule has 1 amide bonds. The Labute approximate surface area is 190 Å². The van der Waals surface area contributed by atoms with Gasteiger partial charge in [0.15, 0.2) is 5.13 Å². The van der Waals surface area contributed by atoms with E-state index in [1.54, 1.807) is 11.3 Å². The molecule has 3 aromatic rings. The number of anilines is 1. The van der Waals surface area contributed by atoms with Crippen LogP contribution in [0.5, 0.6) is 0 Å². The van der Waals surface area contributed by atoms with Crippen LogP contribution in [-0.4, -0.2) is 29.9 Å². The predicted molar refractivity (Wildman–Crippen MR) is 131 cm³/mol. The van der Waals surface area contributed by atoms with Crippen LogP contribution in [0.15, 0.2) is 54.7 Å². The highest BCUT2D eigenvalue weighted by Crippen LogP contribution is 2.49. The van der Waals surface area contributed by atoms with Crippen molar-refractivity contribution in [1.29, 1.82) is 0 Å². The molecule has 0 saturated heterocycles. The predicted octanol–water partition coefficient (Wildman–Crippen LogP) is 6.11. The standard InChI is InChI=1S/C24H27N3OS.C2H6/c1-16-10-11-19(14-17(16)2)24(12-13-24)22(28)26-23-25-15-20(29-23)21(27(3)4)18-8-6-5-7-9-18;1-2/h5-11,14-15,21H,12-13H2,1-4H3,(H,25,26,28);1-2H3/t21-;/m1./s1. The molecule has 1 N–H and O–H groups in total. The zero-order chi connectivity index (χ0) is 22.6. The van der Waals surface area contributed by atoms with E-state index < -0.39 is 5.41 Å². The second kappa shape index (κ2) is 9.75. The van der Waals surface area contributed by atoms with Gasteiger partial charge in [-0.2, -0.15) is 0 Å². The maximum Gasteiger partial charge on any atom is 0.236 e. The summed E-state index contributed by atoms with van der Waals surface area (Å²) >= 11 is 1.55. The van der Waals surface area contributed by atoms with Crippen molar-refractivity contribution in [1.82, 2.24) is 9.88 Å². The fourth-order valence-corrected chi connectivity index (χ4v) is 4.89. The molecule has 1 fully saturated rings. The third-order valence-electron chi connectivity index (χ3n) is 5.89. The lowest BCUT2D eigenvalue weighted by Crippen LogP contribution is -2.27. The third kappa shape index (κ3) is 4.89. The molecular weight excluding hydrogens is 402 g/mol. The molecule has 1 aromatic heterocycles. The zero-order valence-electron chi connectivity index (χ0n) is 19.4. The van der Waals surface area contributed by atoms with E-state index >= 15 is 0 Å². The molecule has 164 valence electrons. The van der Waals surface area contributed by atoms with Crippen molar-refractivity contribution in [2.45, 2.75) is 52.0 Å². The summed E-state index contributed by atoms with van der Waals surface area (Å²) in [5.41, 5.74) is 4.42. The molecule has 0 aliphatic heterocycles. The van der Waals surface area contributed by atoms with Crippen molar-refractivity contribution >= 4 is 22.4 Å².